The van der Waals surface area contributed by atoms with Crippen molar-refractivity contribution in [1.29, 1.82) is 0 Å². The number of carbonyl (C=O) groups excluding carboxylic acids is 2. The number of rotatable bonds is 4. The Hall–Kier alpha value is -3.05. The van der Waals surface area contributed by atoms with Gasteiger partial charge in [0.05, 0.1) is 29.2 Å². The summed E-state index contributed by atoms with van der Waals surface area (Å²) >= 11 is 6.25. The molecule has 0 bridgehead atoms. The highest BCUT2D eigenvalue weighted by molar-refractivity contribution is 6.32. The van der Waals surface area contributed by atoms with Crippen molar-refractivity contribution in [2.75, 3.05) is 12.0 Å². The van der Waals surface area contributed by atoms with Gasteiger partial charge in [0, 0.05) is 5.92 Å². The van der Waals surface area contributed by atoms with E-state index in [4.69, 9.17) is 16.3 Å². The third kappa shape index (κ3) is 2.76. The molecule has 2 aromatic carbocycles. The van der Waals surface area contributed by atoms with Gasteiger partial charge < -0.3 is 9.84 Å². The molecular weight excluding hydrogens is 402 g/mol. The minimum atomic E-state index is -1.03. The molecule has 1 heterocycles. The molecule has 30 heavy (non-hydrogen) atoms. The summed E-state index contributed by atoms with van der Waals surface area (Å²) in [5.74, 6) is -1.41. The van der Waals surface area contributed by atoms with E-state index in [2.05, 4.69) is 6.58 Å². The van der Waals surface area contributed by atoms with Crippen LogP contribution in [0, 0.1) is 11.3 Å². The smallest absolute Gasteiger partial charge is 0.241 e. The molecule has 5 nitrogen and oxygen atoms in total. The number of fused-ring (bicyclic) bond motifs is 1. The molecule has 154 valence electrons. The van der Waals surface area contributed by atoms with Crippen LogP contribution in [0.4, 0.5) is 5.69 Å². The fourth-order valence-corrected chi connectivity index (χ4v) is 4.99. The Balaban J connectivity index is 1.90. The van der Waals surface area contributed by atoms with Crippen LogP contribution in [0.5, 0.6) is 11.5 Å². The number of nitrogens with zero attached hydrogens (tertiary/aromatic N) is 1. The van der Waals surface area contributed by atoms with Crippen molar-refractivity contribution < 1.29 is 19.4 Å². The van der Waals surface area contributed by atoms with E-state index in [-0.39, 0.29) is 28.3 Å². The summed E-state index contributed by atoms with van der Waals surface area (Å²) < 4.78 is 5.27. The maximum atomic E-state index is 13.8. The van der Waals surface area contributed by atoms with Crippen molar-refractivity contribution >= 4 is 29.1 Å². The lowest BCUT2D eigenvalue weighted by molar-refractivity contribution is -0.127. The normalized spacial score (nSPS) is 25.7. The highest BCUT2D eigenvalue weighted by Crippen LogP contribution is 2.57. The second-order valence-corrected chi connectivity index (χ2v) is 8.19. The second-order valence-electron chi connectivity index (χ2n) is 7.78. The number of methoxy groups -OCH3 is 1. The molecule has 2 aliphatic rings. The quantitative estimate of drug-likeness (QED) is 0.714. The summed E-state index contributed by atoms with van der Waals surface area (Å²) in [6.07, 6.45) is 4.12. The lowest BCUT2D eigenvalue weighted by Crippen LogP contribution is -2.41. The average Bonchev–Trinajstić information content (AvgIpc) is 2.95. The topological polar surface area (TPSA) is 66.8 Å². The van der Waals surface area contributed by atoms with Crippen LogP contribution in [-0.2, 0) is 9.59 Å². The summed E-state index contributed by atoms with van der Waals surface area (Å²) in [5.41, 5.74) is 1.05. The first-order valence-electron chi connectivity index (χ1n) is 9.66. The molecule has 4 rings (SSSR count). The summed E-state index contributed by atoms with van der Waals surface area (Å²) in [6.45, 7) is 5.75. The van der Waals surface area contributed by atoms with Crippen molar-refractivity contribution in [1.82, 2.24) is 0 Å². The van der Waals surface area contributed by atoms with Crippen molar-refractivity contribution in [2.45, 2.75) is 19.3 Å². The third-order valence-corrected chi connectivity index (χ3v) is 6.57. The SMILES string of the molecule is C=CC1=CCC2C(=O)N(c3ccccc3)C(=O)C2(C)C1c1cc(Cl)c(O)c(OC)c1. The molecule has 0 saturated carbocycles. The van der Waals surface area contributed by atoms with Crippen molar-refractivity contribution in [2.24, 2.45) is 11.3 Å². The zero-order chi connectivity index (χ0) is 21.6. The maximum absolute atomic E-state index is 13.8. The summed E-state index contributed by atoms with van der Waals surface area (Å²) in [7, 11) is 1.44. The molecule has 2 amide bonds. The highest BCUT2D eigenvalue weighted by atomic mass is 35.5. The zero-order valence-electron chi connectivity index (χ0n) is 16.8. The summed E-state index contributed by atoms with van der Waals surface area (Å²) in [6, 6.07) is 12.2. The lowest BCUT2D eigenvalue weighted by Gasteiger charge is -2.40. The third-order valence-electron chi connectivity index (χ3n) is 6.28. The standard InChI is InChI=1S/C24H22ClNO4/c1-4-14-10-11-17-22(28)26(16-8-6-5-7-9-16)23(29)24(17,2)20(14)15-12-18(25)21(27)19(13-15)30-3/h4-10,12-13,17,20,27H,1,11H2,2-3H3. The first kappa shape index (κ1) is 20.2. The number of amides is 2. The predicted molar refractivity (Wildman–Crippen MR) is 116 cm³/mol. The van der Waals surface area contributed by atoms with E-state index in [1.54, 1.807) is 42.5 Å². The average molecular weight is 424 g/mol. The second kappa shape index (κ2) is 7.33. The van der Waals surface area contributed by atoms with Crippen LogP contribution in [0.2, 0.25) is 5.02 Å². The monoisotopic (exact) mass is 423 g/mol. The summed E-state index contributed by atoms with van der Waals surface area (Å²) in [4.78, 5) is 28.4. The molecule has 1 aliphatic carbocycles. The van der Waals surface area contributed by atoms with E-state index >= 15 is 0 Å². The number of phenols is 1. The number of ether oxygens (including phenoxy) is 1. The molecule has 0 aromatic heterocycles. The molecule has 1 fully saturated rings. The van der Waals surface area contributed by atoms with Gasteiger partial charge in [-0.1, -0.05) is 48.5 Å². The predicted octanol–water partition coefficient (Wildman–Crippen LogP) is 4.85. The Morgan fingerprint density at radius 1 is 1.27 bits per heavy atom. The number of phenolic OH excluding ortho intramolecular Hbond substituents is 1. The van der Waals surface area contributed by atoms with Gasteiger partial charge in [0.15, 0.2) is 11.5 Å². The number of anilines is 1. The van der Waals surface area contributed by atoms with Crippen molar-refractivity contribution in [3.63, 3.8) is 0 Å². The Morgan fingerprint density at radius 3 is 2.60 bits per heavy atom. The van der Waals surface area contributed by atoms with Crippen LogP contribution in [-0.4, -0.2) is 24.0 Å². The van der Waals surface area contributed by atoms with E-state index in [1.807, 2.05) is 19.1 Å². The van der Waals surface area contributed by atoms with Crippen LogP contribution in [0.15, 0.2) is 66.8 Å². The van der Waals surface area contributed by atoms with Gasteiger partial charge in [-0.15, -0.1) is 0 Å². The van der Waals surface area contributed by atoms with E-state index in [9.17, 15) is 14.7 Å². The van der Waals surface area contributed by atoms with Gasteiger partial charge in [0.2, 0.25) is 11.8 Å². The number of hydrogen-bond acceptors (Lipinski definition) is 4. The van der Waals surface area contributed by atoms with Gasteiger partial charge >= 0.3 is 0 Å². The Morgan fingerprint density at radius 2 is 1.97 bits per heavy atom. The molecule has 0 spiro atoms. The molecule has 3 atom stereocenters. The number of para-hydroxylation sites is 1. The van der Waals surface area contributed by atoms with Crippen LogP contribution in [0.3, 0.4) is 0 Å². The van der Waals surface area contributed by atoms with Gasteiger partial charge in [-0.3, -0.25) is 9.59 Å². The number of hydrogen-bond donors (Lipinski definition) is 1. The van der Waals surface area contributed by atoms with E-state index in [0.717, 1.165) is 5.57 Å². The largest absolute Gasteiger partial charge is 0.503 e. The van der Waals surface area contributed by atoms with Gasteiger partial charge in [-0.25, -0.2) is 4.90 Å². The Labute approximate surface area is 180 Å². The van der Waals surface area contributed by atoms with Crippen LogP contribution >= 0.6 is 11.6 Å². The van der Waals surface area contributed by atoms with Crippen LogP contribution in [0.1, 0.15) is 24.8 Å². The summed E-state index contributed by atoms with van der Waals surface area (Å²) in [5, 5.41) is 10.3. The van der Waals surface area contributed by atoms with Gasteiger partial charge in [0.25, 0.3) is 0 Å². The highest BCUT2D eigenvalue weighted by Gasteiger charge is 2.62. The van der Waals surface area contributed by atoms with Crippen molar-refractivity contribution in [3.05, 3.63) is 77.4 Å². The Bertz CT molecular complexity index is 1080. The first-order valence-corrected chi connectivity index (χ1v) is 10.0. The minimum Gasteiger partial charge on any atom is -0.503 e. The van der Waals surface area contributed by atoms with Crippen LogP contribution < -0.4 is 9.64 Å². The molecule has 2 aromatic rings. The fraction of sp³-hybridized carbons (Fsp3) is 0.250. The Kier molecular flexibility index (Phi) is 4.94. The number of imide groups is 1. The lowest BCUT2D eigenvalue weighted by atomic mass is 9.60. The molecule has 1 aliphatic heterocycles. The first-order chi connectivity index (χ1) is 14.3. The molecule has 1 saturated heterocycles. The minimum absolute atomic E-state index is 0.121. The van der Waals surface area contributed by atoms with E-state index in [1.165, 1.54) is 12.0 Å². The number of carbonyl (C=O) groups is 2. The van der Waals surface area contributed by atoms with Crippen LogP contribution in [0.25, 0.3) is 0 Å². The van der Waals surface area contributed by atoms with E-state index < -0.39 is 17.3 Å². The molecular formula is C24H22ClNO4. The van der Waals surface area contributed by atoms with Crippen molar-refractivity contribution in [3.8, 4) is 11.5 Å². The van der Waals surface area contributed by atoms with E-state index in [0.29, 0.717) is 17.7 Å². The molecule has 1 N–H and O–H groups in total. The van der Waals surface area contributed by atoms with Gasteiger partial charge in [-0.05, 0) is 48.7 Å². The van der Waals surface area contributed by atoms with Gasteiger partial charge in [-0.2, -0.15) is 0 Å². The maximum Gasteiger partial charge on any atom is 0.241 e. The number of aromatic hydroxyl groups is 1. The van der Waals surface area contributed by atoms with Gasteiger partial charge in [0.1, 0.15) is 0 Å². The zero-order valence-corrected chi connectivity index (χ0v) is 17.5. The molecule has 6 heteroatoms. The fourth-order valence-electron chi connectivity index (χ4n) is 4.77. The number of benzene rings is 2. The number of halogens is 1. The molecule has 3 unspecified atom stereocenters. The number of allylic oxidation sites excluding steroid dienone is 3. The molecule has 0 radical (unpaired) electrons.